The molecule has 3 aromatic rings. The van der Waals surface area contributed by atoms with Gasteiger partial charge in [0.1, 0.15) is 0 Å². The number of carboxylic acids is 1. The van der Waals surface area contributed by atoms with E-state index >= 15 is 0 Å². The summed E-state index contributed by atoms with van der Waals surface area (Å²) in [4.78, 5) is 27.6. The lowest BCUT2D eigenvalue weighted by Crippen LogP contribution is -2.27. The summed E-state index contributed by atoms with van der Waals surface area (Å²) < 4.78 is 10.9. The first-order valence-corrected chi connectivity index (χ1v) is 10.8. The fraction of sp³-hybridized carbons (Fsp3) is 0.360. The second kappa shape index (κ2) is 7.29. The van der Waals surface area contributed by atoms with Crippen LogP contribution in [0.25, 0.3) is 10.9 Å². The van der Waals surface area contributed by atoms with E-state index in [4.69, 9.17) is 14.6 Å². The van der Waals surface area contributed by atoms with E-state index in [0.717, 1.165) is 40.7 Å². The molecule has 0 radical (unpaired) electrons. The Kier molecular flexibility index (Phi) is 4.65. The van der Waals surface area contributed by atoms with Gasteiger partial charge in [-0.05, 0) is 61.2 Å². The molecule has 2 aromatic carbocycles. The number of rotatable bonds is 7. The van der Waals surface area contributed by atoms with E-state index < -0.39 is 11.4 Å². The molecule has 0 saturated heterocycles. The molecule has 2 heterocycles. The van der Waals surface area contributed by atoms with Crippen LogP contribution in [0.1, 0.15) is 50.8 Å². The van der Waals surface area contributed by atoms with Crippen molar-refractivity contribution in [1.82, 2.24) is 4.98 Å². The van der Waals surface area contributed by atoms with E-state index in [1.165, 1.54) is 0 Å². The van der Waals surface area contributed by atoms with Crippen molar-refractivity contribution in [3.63, 3.8) is 0 Å². The van der Waals surface area contributed by atoms with Crippen LogP contribution in [-0.2, 0) is 20.4 Å². The predicted octanol–water partition coefficient (Wildman–Crippen LogP) is 4.71. The van der Waals surface area contributed by atoms with Crippen molar-refractivity contribution in [2.75, 3.05) is 12.1 Å². The fourth-order valence-corrected chi connectivity index (χ4v) is 4.35. The van der Waals surface area contributed by atoms with Gasteiger partial charge in [-0.15, -0.1) is 0 Å². The first-order chi connectivity index (χ1) is 15.3. The minimum absolute atomic E-state index is 0.0201. The molecule has 1 aliphatic carbocycles. The number of ether oxygens (including phenoxy) is 2. The lowest BCUT2D eigenvalue weighted by Gasteiger charge is -2.22. The maximum absolute atomic E-state index is 13.2. The van der Waals surface area contributed by atoms with Crippen LogP contribution in [0.3, 0.4) is 0 Å². The van der Waals surface area contributed by atoms with Crippen LogP contribution in [0.15, 0.2) is 42.5 Å². The lowest BCUT2D eigenvalue weighted by atomic mass is 9.84. The zero-order valence-corrected chi connectivity index (χ0v) is 18.2. The number of carboxylic acid groups (broad SMARTS) is 1. The SMILES string of the molecule is CC(C)(CCC(=O)O)c1cc2cc(NC(=O)C3(c4ccc5c(c4)OCO5)CC3)ccc2[nH]1. The first-order valence-electron chi connectivity index (χ1n) is 10.8. The van der Waals surface area contributed by atoms with Gasteiger partial charge in [0, 0.05) is 34.1 Å². The standard InChI is InChI=1S/C25H26N2O5/c1-24(2,8-7-22(28)29)21-12-15-11-17(4-5-18(15)27-21)26-23(30)25(9-10-25)16-3-6-19-20(13-16)32-14-31-19/h3-6,11-13,27H,7-10,14H2,1-2H3,(H,26,30)(H,28,29). The predicted molar refractivity (Wildman–Crippen MR) is 120 cm³/mol. The smallest absolute Gasteiger partial charge is 0.303 e. The van der Waals surface area contributed by atoms with Crippen molar-refractivity contribution in [3.8, 4) is 11.5 Å². The Morgan fingerprint density at radius 2 is 1.88 bits per heavy atom. The molecule has 1 aliphatic heterocycles. The summed E-state index contributed by atoms with van der Waals surface area (Å²) in [5, 5.41) is 13.1. The molecule has 7 heteroatoms. The van der Waals surface area contributed by atoms with Crippen LogP contribution in [0.4, 0.5) is 5.69 Å². The van der Waals surface area contributed by atoms with E-state index in [1.54, 1.807) is 0 Å². The van der Waals surface area contributed by atoms with Gasteiger partial charge in [0.2, 0.25) is 12.7 Å². The molecule has 5 rings (SSSR count). The Balaban J connectivity index is 1.35. The second-order valence-corrected chi connectivity index (χ2v) is 9.37. The summed E-state index contributed by atoms with van der Waals surface area (Å²) in [6, 6.07) is 13.6. The van der Waals surface area contributed by atoms with Gasteiger partial charge in [-0.2, -0.15) is 0 Å². The number of carbonyl (C=O) groups excluding carboxylic acids is 1. The molecule has 32 heavy (non-hydrogen) atoms. The number of hydrogen-bond acceptors (Lipinski definition) is 4. The van der Waals surface area contributed by atoms with Gasteiger partial charge >= 0.3 is 5.97 Å². The van der Waals surface area contributed by atoms with Crippen LogP contribution in [0.2, 0.25) is 0 Å². The van der Waals surface area contributed by atoms with Crippen LogP contribution in [0.5, 0.6) is 11.5 Å². The monoisotopic (exact) mass is 434 g/mol. The van der Waals surface area contributed by atoms with Crippen molar-refractivity contribution < 1.29 is 24.2 Å². The topological polar surface area (TPSA) is 101 Å². The van der Waals surface area contributed by atoms with Crippen molar-refractivity contribution >= 4 is 28.5 Å². The summed E-state index contributed by atoms with van der Waals surface area (Å²) in [5.41, 5.74) is 2.80. The Morgan fingerprint density at radius 1 is 1.09 bits per heavy atom. The van der Waals surface area contributed by atoms with E-state index in [-0.39, 0.29) is 24.5 Å². The number of nitrogens with one attached hydrogen (secondary N) is 2. The molecule has 3 N–H and O–H groups in total. The first kappa shape index (κ1) is 20.4. The highest BCUT2D eigenvalue weighted by molar-refractivity contribution is 6.02. The van der Waals surface area contributed by atoms with E-state index in [1.807, 2.05) is 56.3 Å². The summed E-state index contributed by atoms with van der Waals surface area (Å²) in [7, 11) is 0. The average Bonchev–Trinajstić information content (AvgIpc) is 3.24. The molecule has 1 saturated carbocycles. The van der Waals surface area contributed by atoms with E-state index in [0.29, 0.717) is 17.9 Å². The second-order valence-electron chi connectivity index (χ2n) is 9.37. The Morgan fingerprint density at radius 3 is 2.62 bits per heavy atom. The van der Waals surface area contributed by atoms with Crippen LogP contribution >= 0.6 is 0 Å². The largest absolute Gasteiger partial charge is 0.481 e. The molecule has 7 nitrogen and oxygen atoms in total. The van der Waals surface area contributed by atoms with Crippen LogP contribution < -0.4 is 14.8 Å². The fourth-order valence-electron chi connectivity index (χ4n) is 4.35. The quantitative estimate of drug-likeness (QED) is 0.500. The number of aromatic nitrogens is 1. The molecule has 1 fully saturated rings. The molecule has 0 bridgehead atoms. The van der Waals surface area contributed by atoms with Gasteiger partial charge in [-0.25, -0.2) is 0 Å². The van der Waals surface area contributed by atoms with Gasteiger partial charge in [0.15, 0.2) is 11.5 Å². The van der Waals surface area contributed by atoms with Gasteiger partial charge in [-0.1, -0.05) is 19.9 Å². The molecule has 1 aromatic heterocycles. The van der Waals surface area contributed by atoms with Gasteiger partial charge in [-0.3, -0.25) is 9.59 Å². The normalized spacial score (nSPS) is 16.2. The van der Waals surface area contributed by atoms with Gasteiger partial charge in [0.05, 0.1) is 5.41 Å². The zero-order chi connectivity index (χ0) is 22.5. The highest BCUT2D eigenvalue weighted by Gasteiger charge is 2.51. The maximum atomic E-state index is 13.2. The van der Waals surface area contributed by atoms with Crippen molar-refractivity contribution in [2.45, 2.75) is 50.4 Å². The minimum Gasteiger partial charge on any atom is -0.481 e. The number of aromatic amines is 1. The maximum Gasteiger partial charge on any atom is 0.303 e. The molecule has 0 unspecified atom stereocenters. The van der Waals surface area contributed by atoms with Crippen molar-refractivity contribution in [1.29, 1.82) is 0 Å². The minimum atomic E-state index is -0.796. The highest BCUT2D eigenvalue weighted by atomic mass is 16.7. The molecular weight excluding hydrogens is 408 g/mol. The number of anilines is 1. The average molecular weight is 434 g/mol. The number of carbonyl (C=O) groups is 2. The van der Waals surface area contributed by atoms with E-state index in [9.17, 15) is 9.59 Å². The Hall–Kier alpha value is -3.48. The molecule has 1 amide bonds. The third-order valence-electron chi connectivity index (χ3n) is 6.68. The van der Waals surface area contributed by atoms with Crippen LogP contribution in [-0.4, -0.2) is 28.8 Å². The molecule has 2 aliphatic rings. The molecule has 0 atom stereocenters. The Bertz CT molecular complexity index is 1220. The van der Waals surface area contributed by atoms with Crippen LogP contribution in [0, 0.1) is 0 Å². The summed E-state index contributed by atoms with van der Waals surface area (Å²) in [6.45, 7) is 4.28. The number of aliphatic carboxylic acids is 1. The summed E-state index contributed by atoms with van der Waals surface area (Å²) >= 11 is 0. The third-order valence-corrected chi connectivity index (χ3v) is 6.68. The number of H-pyrrole nitrogens is 1. The Labute approximate surface area is 185 Å². The van der Waals surface area contributed by atoms with E-state index in [2.05, 4.69) is 10.3 Å². The highest BCUT2D eigenvalue weighted by Crippen LogP contribution is 2.51. The van der Waals surface area contributed by atoms with Gasteiger partial charge < -0.3 is 24.9 Å². The third kappa shape index (κ3) is 3.57. The zero-order valence-electron chi connectivity index (χ0n) is 18.2. The number of fused-ring (bicyclic) bond motifs is 2. The lowest BCUT2D eigenvalue weighted by molar-refractivity contribution is -0.137. The van der Waals surface area contributed by atoms with Crippen molar-refractivity contribution in [2.24, 2.45) is 0 Å². The molecule has 166 valence electrons. The summed E-state index contributed by atoms with van der Waals surface area (Å²) in [5.74, 6) is 0.585. The molecular formula is C25H26N2O5. The summed E-state index contributed by atoms with van der Waals surface area (Å²) in [6.07, 6.45) is 2.25. The number of benzene rings is 2. The van der Waals surface area contributed by atoms with Gasteiger partial charge in [0.25, 0.3) is 0 Å². The molecule has 0 spiro atoms. The van der Waals surface area contributed by atoms with Crippen molar-refractivity contribution in [3.05, 3.63) is 53.7 Å². The number of hydrogen-bond donors (Lipinski definition) is 3. The number of amides is 1.